The molecule has 0 saturated heterocycles. The van der Waals surface area contributed by atoms with E-state index in [4.69, 9.17) is 33.2 Å². The van der Waals surface area contributed by atoms with Gasteiger partial charge in [0.25, 0.3) is 0 Å². The van der Waals surface area contributed by atoms with E-state index in [0.29, 0.717) is 34.5 Å². The van der Waals surface area contributed by atoms with Crippen molar-refractivity contribution in [3.63, 3.8) is 0 Å². The molecule has 3 aliphatic rings. The normalized spacial score (nSPS) is 18.9. The number of hydrogen-bond acceptors (Lipinski definition) is 9. The standard InChI is InChI=1S/C40H46N2O8/c1-41-16-14-28-29(21-36(46-6)40-38(28)48-23-49-40)31(41)18-24-8-11-26(12-9-24)50-34-20-25(10-13-33(34)44-4)19-32-30-22-35(45-5)39(47-7)37(43)27(30)15-17-42(32,2)3/h8-13,20-22,31-32H,14-19,23H2,1-7H3/p+1/t31-,32-/m0/s1. The summed E-state index contributed by atoms with van der Waals surface area (Å²) in [6.45, 7) is 2.04. The quantitative estimate of drug-likeness (QED) is 0.185. The predicted octanol–water partition coefficient (Wildman–Crippen LogP) is 6.64. The second-order valence-corrected chi connectivity index (χ2v) is 13.9. The third-order valence-corrected chi connectivity index (χ3v) is 10.7. The van der Waals surface area contributed by atoms with E-state index >= 15 is 0 Å². The van der Waals surface area contributed by atoms with Crippen LogP contribution in [0.5, 0.6) is 51.7 Å². The maximum atomic E-state index is 11.1. The van der Waals surface area contributed by atoms with Gasteiger partial charge in [-0.15, -0.1) is 0 Å². The smallest absolute Gasteiger partial charge is 0.231 e. The fourth-order valence-electron chi connectivity index (χ4n) is 7.84. The second kappa shape index (κ2) is 13.5. The van der Waals surface area contributed by atoms with Crippen LogP contribution in [0, 0.1) is 0 Å². The van der Waals surface area contributed by atoms with Gasteiger partial charge in [0.2, 0.25) is 18.3 Å². The van der Waals surface area contributed by atoms with Crippen molar-refractivity contribution in [2.75, 3.05) is 69.5 Å². The van der Waals surface area contributed by atoms with Crippen LogP contribution in [-0.2, 0) is 25.7 Å². The number of methoxy groups -OCH3 is 4. The van der Waals surface area contributed by atoms with Crippen molar-refractivity contribution in [2.24, 2.45) is 0 Å². The summed E-state index contributed by atoms with van der Waals surface area (Å²) in [6.07, 6.45) is 3.21. The van der Waals surface area contributed by atoms with E-state index in [-0.39, 0.29) is 24.6 Å². The average molecular weight is 684 g/mol. The van der Waals surface area contributed by atoms with E-state index in [1.807, 2.05) is 24.3 Å². The number of quaternary nitrogens is 1. The molecule has 0 amide bonds. The topological polar surface area (TPSA) is 88.1 Å². The van der Waals surface area contributed by atoms with Crippen molar-refractivity contribution in [3.05, 3.63) is 88.0 Å². The largest absolute Gasteiger partial charge is 0.504 e. The predicted molar refractivity (Wildman–Crippen MR) is 190 cm³/mol. The van der Waals surface area contributed by atoms with Crippen LogP contribution < -0.4 is 33.2 Å². The monoisotopic (exact) mass is 683 g/mol. The zero-order chi connectivity index (χ0) is 35.2. The molecule has 1 N–H and O–H groups in total. The molecule has 0 saturated carbocycles. The fourth-order valence-corrected chi connectivity index (χ4v) is 7.84. The van der Waals surface area contributed by atoms with Crippen molar-refractivity contribution in [3.8, 4) is 51.7 Å². The van der Waals surface area contributed by atoms with E-state index in [1.54, 1.807) is 28.4 Å². The SMILES string of the molecule is COc1ccc(C[C@H]2c3cc(OC)c(OC)c(O)c3CC[N+]2(C)C)cc1Oc1ccc(C[C@H]2c3cc(OC)c4c(c3CCN2C)OCO4)cc1. The molecule has 0 aliphatic carbocycles. The Kier molecular flexibility index (Phi) is 9.09. The molecular weight excluding hydrogens is 636 g/mol. The molecule has 3 heterocycles. The number of benzene rings is 4. The Labute approximate surface area is 294 Å². The molecule has 0 radical (unpaired) electrons. The molecule has 50 heavy (non-hydrogen) atoms. The van der Waals surface area contributed by atoms with E-state index in [0.717, 1.165) is 71.4 Å². The van der Waals surface area contributed by atoms with E-state index in [9.17, 15) is 5.11 Å². The molecule has 3 aliphatic heterocycles. The Balaban J connectivity index is 1.12. The summed E-state index contributed by atoms with van der Waals surface area (Å²) in [7, 11) is 13.1. The zero-order valence-electron chi connectivity index (χ0n) is 30.0. The Hall–Kier alpha value is -4.80. The van der Waals surface area contributed by atoms with E-state index in [2.05, 4.69) is 56.4 Å². The summed E-state index contributed by atoms with van der Waals surface area (Å²) < 4.78 is 41.4. The number of ether oxygens (including phenoxy) is 7. The molecular formula is C40H47N2O8+. The number of rotatable bonds is 10. The first-order valence-corrected chi connectivity index (χ1v) is 17.1. The maximum absolute atomic E-state index is 11.1. The molecule has 264 valence electrons. The molecule has 0 fully saturated rings. The molecule has 10 nitrogen and oxygen atoms in total. The summed E-state index contributed by atoms with van der Waals surface area (Å²) in [5.74, 6) is 5.37. The van der Waals surface area contributed by atoms with Gasteiger partial charge in [0.15, 0.2) is 34.5 Å². The number of fused-ring (bicyclic) bond motifs is 4. The van der Waals surface area contributed by atoms with Crippen LogP contribution in [0.25, 0.3) is 0 Å². The third kappa shape index (κ3) is 6.00. The Morgan fingerprint density at radius 2 is 1.44 bits per heavy atom. The van der Waals surface area contributed by atoms with Gasteiger partial charge in [-0.2, -0.15) is 0 Å². The van der Waals surface area contributed by atoms with Gasteiger partial charge >= 0.3 is 0 Å². The molecule has 0 spiro atoms. The van der Waals surface area contributed by atoms with Crippen LogP contribution in [0.4, 0.5) is 0 Å². The minimum absolute atomic E-state index is 0.0770. The molecule has 2 atom stereocenters. The van der Waals surface area contributed by atoms with Crippen LogP contribution in [0.2, 0.25) is 0 Å². The molecule has 0 bridgehead atoms. The highest BCUT2D eigenvalue weighted by Crippen LogP contribution is 2.50. The summed E-state index contributed by atoms with van der Waals surface area (Å²) in [6, 6.07) is 18.8. The molecule has 7 rings (SSSR count). The lowest BCUT2D eigenvalue weighted by molar-refractivity contribution is -0.923. The first kappa shape index (κ1) is 33.7. The van der Waals surface area contributed by atoms with Crippen LogP contribution in [0.3, 0.4) is 0 Å². The lowest BCUT2D eigenvalue weighted by atomic mass is 9.86. The first-order chi connectivity index (χ1) is 24.1. The number of phenolic OH excluding ortho intramolecular Hbond substituents is 1. The van der Waals surface area contributed by atoms with Crippen molar-refractivity contribution < 1.29 is 42.7 Å². The lowest BCUT2D eigenvalue weighted by Crippen LogP contribution is -2.48. The highest BCUT2D eigenvalue weighted by molar-refractivity contribution is 5.62. The number of aromatic hydroxyl groups is 1. The van der Waals surface area contributed by atoms with Crippen LogP contribution in [-0.4, -0.2) is 84.0 Å². The van der Waals surface area contributed by atoms with Crippen LogP contribution in [0.1, 0.15) is 45.5 Å². The van der Waals surface area contributed by atoms with Crippen molar-refractivity contribution >= 4 is 0 Å². The van der Waals surface area contributed by atoms with Crippen molar-refractivity contribution in [1.29, 1.82) is 0 Å². The summed E-state index contributed by atoms with van der Waals surface area (Å²) in [5.41, 5.74) is 6.72. The van der Waals surface area contributed by atoms with Gasteiger partial charge in [0, 0.05) is 42.1 Å². The average Bonchev–Trinajstić information content (AvgIpc) is 3.61. The fraction of sp³-hybridized carbons (Fsp3) is 0.400. The minimum Gasteiger partial charge on any atom is -0.504 e. The molecule has 4 aromatic carbocycles. The highest BCUT2D eigenvalue weighted by atomic mass is 16.7. The minimum atomic E-state index is 0.0770. The van der Waals surface area contributed by atoms with Gasteiger partial charge in [-0.25, -0.2) is 0 Å². The third-order valence-electron chi connectivity index (χ3n) is 10.7. The van der Waals surface area contributed by atoms with Gasteiger partial charge < -0.3 is 42.7 Å². The molecule has 4 aromatic rings. The Morgan fingerprint density at radius 1 is 0.740 bits per heavy atom. The second-order valence-electron chi connectivity index (χ2n) is 13.9. The van der Waals surface area contributed by atoms with Crippen molar-refractivity contribution in [2.45, 2.75) is 37.8 Å². The molecule has 0 aromatic heterocycles. The molecule has 10 heteroatoms. The van der Waals surface area contributed by atoms with Gasteiger partial charge in [0.1, 0.15) is 11.8 Å². The number of nitrogens with zero attached hydrogens (tertiary/aromatic N) is 2. The van der Waals surface area contributed by atoms with Gasteiger partial charge in [-0.1, -0.05) is 18.2 Å². The van der Waals surface area contributed by atoms with Gasteiger partial charge in [-0.05, 0) is 73.0 Å². The van der Waals surface area contributed by atoms with Crippen LogP contribution in [0.15, 0.2) is 54.6 Å². The van der Waals surface area contributed by atoms with E-state index in [1.165, 1.54) is 16.7 Å². The van der Waals surface area contributed by atoms with Crippen LogP contribution >= 0.6 is 0 Å². The number of phenols is 1. The maximum Gasteiger partial charge on any atom is 0.231 e. The number of likely N-dealkylation sites (N-methyl/N-ethyl adjacent to an activating group) is 2. The summed E-state index contributed by atoms with van der Waals surface area (Å²) >= 11 is 0. The first-order valence-electron chi connectivity index (χ1n) is 17.1. The Morgan fingerprint density at radius 3 is 2.16 bits per heavy atom. The highest BCUT2D eigenvalue weighted by Gasteiger charge is 2.39. The van der Waals surface area contributed by atoms with Gasteiger partial charge in [0.05, 0.1) is 49.1 Å². The lowest BCUT2D eigenvalue weighted by Gasteiger charge is -2.43. The number of hydrogen-bond donors (Lipinski definition) is 1. The summed E-state index contributed by atoms with van der Waals surface area (Å²) in [4.78, 5) is 2.39. The van der Waals surface area contributed by atoms with Gasteiger partial charge in [-0.3, -0.25) is 4.90 Å². The van der Waals surface area contributed by atoms with Crippen molar-refractivity contribution in [1.82, 2.24) is 4.90 Å². The zero-order valence-corrected chi connectivity index (χ0v) is 30.0. The van der Waals surface area contributed by atoms with E-state index < -0.39 is 0 Å². The summed E-state index contributed by atoms with van der Waals surface area (Å²) in [5, 5.41) is 11.1. The molecule has 0 unspecified atom stereocenters. The Bertz CT molecular complexity index is 1890.